The van der Waals surface area contributed by atoms with E-state index >= 15 is 0 Å². The van der Waals surface area contributed by atoms with E-state index in [0.29, 0.717) is 28.7 Å². The van der Waals surface area contributed by atoms with Crippen molar-refractivity contribution in [2.45, 2.75) is 26.4 Å². The summed E-state index contributed by atoms with van der Waals surface area (Å²) < 4.78 is 0.561. The fourth-order valence-corrected chi connectivity index (χ4v) is 2.07. The Morgan fingerprint density at radius 2 is 2.20 bits per heavy atom. The number of nitrogens with one attached hydrogen (secondary N) is 2. The van der Waals surface area contributed by atoms with E-state index in [1.807, 2.05) is 0 Å². The van der Waals surface area contributed by atoms with Crippen molar-refractivity contribution in [2.75, 3.05) is 11.9 Å². The lowest BCUT2D eigenvalue weighted by molar-refractivity contribution is -0.385. The molecule has 7 nitrogen and oxygen atoms in total. The zero-order valence-corrected chi connectivity index (χ0v) is 12.7. The maximum absolute atomic E-state index is 11.6. The van der Waals surface area contributed by atoms with Crippen molar-refractivity contribution in [3.05, 3.63) is 32.3 Å². The lowest BCUT2D eigenvalue weighted by Crippen LogP contribution is -2.31. The molecule has 8 heteroatoms. The zero-order chi connectivity index (χ0) is 15.3. The van der Waals surface area contributed by atoms with Crippen LogP contribution in [0.1, 0.15) is 18.9 Å². The van der Waals surface area contributed by atoms with Crippen LogP contribution in [0.3, 0.4) is 0 Å². The first-order valence-corrected chi connectivity index (χ1v) is 6.78. The Morgan fingerprint density at radius 3 is 2.75 bits per heavy atom. The van der Waals surface area contributed by atoms with Crippen LogP contribution in [-0.2, 0) is 0 Å². The van der Waals surface area contributed by atoms with Crippen molar-refractivity contribution < 1.29 is 14.8 Å². The van der Waals surface area contributed by atoms with E-state index < -0.39 is 17.1 Å². The number of urea groups is 1. The number of nitrogens with zero attached hydrogens (tertiary/aromatic N) is 1. The molecule has 0 unspecified atom stereocenters. The lowest BCUT2D eigenvalue weighted by atomic mass is 10.2. The summed E-state index contributed by atoms with van der Waals surface area (Å²) in [6.45, 7) is 3.56. The highest BCUT2D eigenvalue weighted by Gasteiger charge is 2.15. The van der Waals surface area contributed by atoms with E-state index in [2.05, 4.69) is 26.6 Å². The summed E-state index contributed by atoms with van der Waals surface area (Å²) in [6, 6.07) is 2.39. The Bertz CT molecular complexity index is 520. The van der Waals surface area contributed by atoms with Crippen LogP contribution in [0.5, 0.6) is 0 Å². The third kappa shape index (κ3) is 4.78. The second-order valence-electron chi connectivity index (χ2n) is 4.39. The molecule has 0 bridgehead atoms. The Hall–Kier alpha value is -1.67. The summed E-state index contributed by atoms with van der Waals surface area (Å²) in [5.41, 5.74) is 0.756. The molecular formula is C12H16BrN3O4. The van der Waals surface area contributed by atoms with Crippen molar-refractivity contribution >= 4 is 33.3 Å². The summed E-state index contributed by atoms with van der Waals surface area (Å²) in [5.74, 6) is 0. The van der Waals surface area contributed by atoms with Crippen molar-refractivity contribution in [2.24, 2.45) is 0 Å². The predicted octanol–water partition coefficient (Wildman–Crippen LogP) is 2.56. The Morgan fingerprint density at radius 1 is 1.55 bits per heavy atom. The maximum Gasteiger partial charge on any atom is 0.319 e. The molecule has 0 saturated heterocycles. The van der Waals surface area contributed by atoms with Crippen LogP contribution in [0.15, 0.2) is 16.6 Å². The molecule has 1 rings (SSSR count). The minimum atomic E-state index is -0.502. The normalized spacial score (nSPS) is 11.8. The van der Waals surface area contributed by atoms with Gasteiger partial charge in [0.2, 0.25) is 0 Å². The third-order valence-corrected chi connectivity index (χ3v) is 3.23. The van der Waals surface area contributed by atoms with Crippen LogP contribution in [0, 0.1) is 17.0 Å². The molecule has 0 aromatic heterocycles. The van der Waals surface area contributed by atoms with Crippen LogP contribution in [0.25, 0.3) is 0 Å². The van der Waals surface area contributed by atoms with Gasteiger partial charge in [0, 0.05) is 22.6 Å². The van der Waals surface area contributed by atoms with Crippen molar-refractivity contribution in [1.82, 2.24) is 5.32 Å². The number of halogens is 1. The fourth-order valence-electron chi connectivity index (χ4n) is 1.51. The molecule has 3 N–H and O–H groups in total. The number of nitro groups is 1. The van der Waals surface area contributed by atoms with E-state index in [-0.39, 0.29) is 5.69 Å². The number of hydrogen-bond acceptors (Lipinski definition) is 4. The molecule has 0 fully saturated rings. The largest absolute Gasteiger partial charge is 0.393 e. The molecule has 0 radical (unpaired) electrons. The second kappa shape index (κ2) is 7.20. The number of aliphatic hydroxyl groups is 1. The average molecular weight is 346 g/mol. The van der Waals surface area contributed by atoms with E-state index in [1.54, 1.807) is 19.9 Å². The van der Waals surface area contributed by atoms with Gasteiger partial charge in [-0.15, -0.1) is 0 Å². The molecule has 1 aromatic carbocycles. The van der Waals surface area contributed by atoms with Gasteiger partial charge in [0.25, 0.3) is 5.69 Å². The van der Waals surface area contributed by atoms with Gasteiger partial charge in [-0.2, -0.15) is 0 Å². The molecule has 0 spiro atoms. The number of rotatable bonds is 5. The van der Waals surface area contributed by atoms with Crippen LogP contribution in [0.2, 0.25) is 0 Å². The summed E-state index contributed by atoms with van der Waals surface area (Å²) in [4.78, 5) is 22.0. The minimum Gasteiger partial charge on any atom is -0.393 e. The standard InChI is InChI=1S/C12H16BrN3O4/c1-7-5-9(13)10(6-11(7)16(19)20)15-12(18)14-4-3-8(2)17/h5-6,8,17H,3-4H2,1-2H3,(H2,14,15,18)/t8-/m0/s1. The summed E-state index contributed by atoms with van der Waals surface area (Å²) in [6.07, 6.45) is -0.0645. The van der Waals surface area contributed by atoms with Gasteiger partial charge in [0.05, 0.1) is 16.7 Å². The number of amides is 2. The van der Waals surface area contributed by atoms with Crippen LogP contribution < -0.4 is 10.6 Å². The predicted molar refractivity (Wildman–Crippen MR) is 78.9 cm³/mol. The van der Waals surface area contributed by atoms with Crippen molar-refractivity contribution in [1.29, 1.82) is 0 Å². The summed E-state index contributed by atoms with van der Waals surface area (Å²) in [5, 5.41) is 25.0. The Labute approximate surface area is 124 Å². The topological polar surface area (TPSA) is 104 Å². The maximum atomic E-state index is 11.6. The number of carbonyl (C=O) groups excluding carboxylic acids is 1. The van der Waals surface area contributed by atoms with Gasteiger partial charge in [-0.05, 0) is 42.3 Å². The van der Waals surface area contributed by atoms with Gasteiger partial charge < -0.3 is 15.7 Å². The first-order valence-electron chi connectivity index (χ1n) is 5.98. The minimum absolute atomic E-state index is 0.0625. The molecule has 0 aliphatic rings. The monoisotopic (exact) mass is 345 g/mol. The van der Waals surface area contributed by atoms with Crippen LogP contribution >= 0.6 is 15.9 Å². The first kappa shape index (κ1) is 16.4. The molecule has 110 valence electrons. The van der Waals surface area contributed by atoms with Crippen molar-refractivity contribution in [3.63, 3.8) is 0 Å². The first-order chi connectivity index (χ1) is 9.31. The summed E-state index contributed by atoms with van der Waals surface area (Å²) >= 11 is 3.25. The highest BCUT2D eigenvalue weighted by Crippen LogP contribution is 2.30. The number of anilines is 1. The molecule has 0 aliphatic heterocycles. The Kier molecular flexibility index (Phi) is 5.90. The molecule has 1 atom stereocenters. The van der Waals surface area contributed by atoms with E-state index in [4.69, 9.17) is 5.11 Å². The quantitative estimate of drug-likeness (QED) is 0.563. The second-order valence-corrected chi connectivity index (χ2v) is 5.25. The highest BCUT2D eigenvalue weighted by molar-refractivity contribution is 9.10. The van der Waals surface area contributed by atoms with E-state index in [0.717, 1.165) is 0 Å². The van der Waals surface area contributed by atoms with Crippen molar-refractivity contribution in [3.8, 4) is 0 Å². The van der Waals surface area contributed by atoms with E-state index in [9.17, 15) is 14.9 Å². The summed E-state index contributed by atoms with van der Waals surface area (Å²) in [7, 11) is 0. The molecular weight excluding hydrogens is 330 g/mol. The molecule has 20 heavy (non-hydrogen) atoms. The van der Waals surface area contributed by atoms with Crippen LogP contribution in [0.4, 0.5) is 16.2 Å². The smallest absolute Gasteiger partial charge is 0.319 e. The molecule has 1 aromatic rings. The average Bonchev–Trinajstić information content (AvgIpc) is 2.31. The van der Waals surface area contributed by atoms with Gasteiger partial charge in [-0.1, -0.05) is 0 Å². The van der Waals surface area contributed by atoms with Crippen LogP contribution in [-0.4, -0.2) is 28.7 Å². The highest BCUT2D eigenvalue weighted by atomic mass is 79.9. The number of hydrogen-bond donors (Lipinski definition) is 3. The molecule has 0 aliphatic carbocycles. The number of benzene rings is 1. The fraction of sp³-hybridized carbons (Fsp3) is 0.417. The Balaban J connectivity index is 2.74. The number of aliphatic hydroxyl groups excluding tert-OH is 1. The zero-order valence-electron chi connectivity index (χ0n) is 11.1. The molecule has 0 saturated carbocycles. The van der Waals surface area contributed by atoms with Gasteiger partial charge in [0.15, 0.2) is 0 Å². The number of carbonyl (C=O) groups is 1. The van der Waals surface area contributed by atoms with E-state index in [1.165, 1.54) is 6.07 Å². The van der Waals surface area contributed by atoms with Gasteiger partial charge in [0.1, 0.15) is 0 Å². The lowest BCUT2D eigenvalue weighted by Gasteiger charge is -2.10. The number of nitro benzene ring substituents is 1. The number of aryl methyl sites for hydroxylation is 1. The van der Waals surface area contributed by atoms with Gasteiger partial charge >= 0.3 is 6.03 Å². The van der Waals surface area contributed by atoms with Gasteiger partial charge in [-0.25, -0.2) is 4.79 Å². The van der Waals surface area contributed by atoms with Gasteiger partial charge in [-0.3, -0.25) is 10.1 Å². The SMILES string of the molecule is Cc1cc(Br)c(NC(=O)NCC[C@H](C)O)cc1[N+](=O)[O-]. The third-order valence-electron chi connectivity index (χ3n) is 2.58. The molecule has 2 amide bonds. The molecule has 0 heterocycles.